The van der Waals surface area contributed by atoms with E-state index in [0.29, 0.717) is 17.6 Å². The molecule has 1 N–H and O–H groups in total. The van der Waals surface area contributed by atoms with Gasteiger partial charge in [0, 0.05) is 56.9 Å². The van der Waals surface area contributed by atoms with Crippen molar-refractivity contribution in [3.63, 3.8) is 0 Å². The number of piperidine rings is 1. The summed E-state index contributed by atoms with van der Waals surface area (Å²) in [5.41, 5.74) is 7.39. The highest BCUT2D eigenvalue weighted by molar-refractivity contribution is 5.95. The van der Waals surface area contributed by atoms with Gasteiger partial charge in [0.15, 0.2) is 0 Å². The number of carbonyl (C=O) groups excluding carboxylic acids is 1. The fraction of sp³-hybridized carbons (Fsp3) is 0.531. The molecule has 2 aromatic carbocycles. The molecule has 0 radical (unpaired) electrons. The largest absolute Gasteiger partial charge is 0.497 e. The van der Waals surface area contributed by atoms with Gasteiger partial charge in [0.2, 0.25) is 0 Å². The molecule has 3 aliphatic rings. The Kier molecular flexibility index (Phi) is 9.15. The van der Waals surface area contributed by atoms with Crippen LogP contribution < -0.4 is 10.2 Å². The molecule has 0 saturated carbocycles. The van der Waals surface area contributed by atoms with Crippen molar-refractivity contribution in [2.45, 2.75) is 70.0 Å². The minimum absolute atomic E-state index is 0.0192. The fourth-order valence-corrected chi connectivity index (χ4v) is 6.55. The number of fused-ring (bicyclic) bond motifs is 2. The van der Waals surface area contributed by atoms with Crippen LogP contribution in [-0.4, -0.2) is 72.6 Å². The number of rotatable bonds is 8. The Balaban J connectivity index is 1.43. The van der Waals surface area contributed by atoms with E-state index in [9.17, 15) is 4.79 Å². The van der Waals surface area contributed by atoms with Crippen LogP contribution in [0.3, 0.4) is 0 Å². The number of hydrogen-bond donors (Lipinski definition) is 1. The molecule has 2 bridgehead atoms. The summed E-state index contributed by atoms with van der Waals surface area (Å²) in [5, 5.41) is 2.10. The van der Waals surface area contributed by atoms with Crippen molar-refractivity contribution < 1.29 is 9.53 Å². The topological polar surface area (TPSA) is 48.0 Å². The second-order valence-corrected chi connectivity index (χ2v) is 11.2. The van der Waals surface area contributed by atoms with E-state index in [-0.39, 0.29) is 5.91 Å². The second kappa shape index (κ2) is 12.9. The van der Waals surface area contributed by atoms with Gasteiger partial charge in [0.25, 0.3) is 5.91 Å². The van der Waals surface area contributed by atoms with E-state index in [2.05, 4.69) is 51.1 Å². The highest BCUT2D eigenvalue weighted by Crippen LogP contribution is 2.34. The lowest BCUT2D eigenvalue weighted by Gasteiger charge is -2.41. The average molecular weight is 517 g/mol. The van der Waals surface area contributed by atoms with Crippen LogP contribution in [0.25, 0.3) is 11.1 Å². The van der Waals surface area contributed by atoms with E-state index in [1.165, 1.54) is 44.1 Å². The molecule has 38 heavy (non-hydrogen) atoms. The Morgan fingerprint density at radius 3 is 2.61 bits per heavy atom. The number of ether oxygens (including phenoxy) is 1. The molecule has 3 fully saturated rings. The highest BCUT2D eigenvalue weighted by Gasteiger charge is 2.34. The third-order valence-corrected chi connectivity index (χ3v) is 8.62. The second-order valence-electron chi connectivity index (χ2n) is 11.2. The molecule has 1 amide bonds. The number of hydrogen-bond acceptors (Lipinski definition) is 5. The van der Waals surface area contributed by atoms with E-state index >= 15 is 0 Å². The Morgan fingerprint density at radius 1 is 1.00 bits per heavy atom. The summed E-state index contributed by atoms with van der Waals surface area (Å²) in [7, 11) is 1.71. The molecule has 3 heterocycles. The summed E-state index contributed by atoms with van der Waals surface area (Å²) >= 11 is 0. The van der Waals surface area contributed by atoms with Gasteiger partial charge in [0.05, 0.1) is 7.11 Å². The SMILES string of the molecule is C=CCN1CCC2CCCC(C1)N2Cc1ccc(C(=O)NN2CCCCCC2)cc1-c1cccc(OC)c1. The van der Waals surface area contributed by atoms with Crippen LogP contribution in [0.15, 0.2) is 55.1 Å². The molecular formula is C32H44N4O2. The molecule has 5 rings (SSSR count). The van der Waals surface area contributed by atoms with Gasteiger partial charge in [-0.05, 0) is 73.1 Å². The molecule has 6 heteroatoms. The van der Waals surface area contributed by atoms with Crippen molar-refractivity contribution >= 4 is 5.91 Å². The predicted octanol–water partition coefficient (Wildman–Crippen LogP) is 5.50. The number of carbonyl (C=O) groups is 1. The first-order valence-electron chi connectivity index (χ1n) is 14.6. The van der Waals surface area contributed by atoms with E-state index in [1.54, 1.807) is 7.11 Å². The van der Waals surface area contributed by atoms with E-state index in [0.717, 1.165) is 69.0 Å². The smallest absolute Gasteiger partial charge is 0.265 e. The Morgan fingerprint density at radius 2 is 1.82 bits per heavy atom. The number of benzene rings is 2. The first kappa shape index (κ1) is 26.9. The van der Waals surface area contributed by atoms with E-state index in [4.69, 9.17) is 4.74 Å². The first-order chi connectivity index (χ1) is 18.6. The van der Waals surface area contributed by atoms with E-state index in [1.807, 2.05) is 24.3 Å². The van der Waals surface area contributed by atoms with Gasteiger partial charge in [-0.2, -0.15) is 0 Å². The van der Waals surface area contributed by atoms with Crippen LogP contribution in [0, 0.1) is 0 Å². The molecule has 0 aliphatic carbocycles. The first-order valence-corrected chi connectivity index (χ1v) is 14.6. The molecule has 2 atom stereocenters. The number of methoxy groups -OCH3 is 1. The summed E-state index contributed by atoms with van der Waals surface area (Å²) < 4.78 is 5.56. The fourth-order valence-electron chi connectivity index (χ4n) is 6.55. The normalized spacial score (nSPS) is 23.3. The zero-order chi connectivity index (χ0) is 26.3. The van der Waals surface area contributed by atoms with Crippen molar-refractivity contribution in [2.24, 2.45) is 0 Å². The third kappa shape index (κ3) is 6.48. The van der Waals surface area contributed by atoms with Crippen LogP contribution >= 0.6 is 0 Å². The maximum atomic E-state index is 13.3. The van der Waals surface area contributed by atoms with Crippen molar-refractivity contribution in [1.82, 2.24) is 20.2 Å². The molecule has 3 aliphatic heterocycles. The Bertz CT molecular complexity index is 1090. The summed E-state index contributed by atoms with van der Waals surface area (Å²) in [6, 6.07) is 15.7. The monoisotopic (exact) mass is 516 g/mol. The minimum atomic E-state index is -0.0192. The van der Waals surface area contributed by atoms with Crippen LogP contribution in [0.4, 0.5) is 0 Å². The maximum Gasteiger partial charge on any atom is 0.265 e. The molecule has 0 spiro atoms. The van der Waals surface area contributed by atoms with Crippen molar-refractivity contribution in [3.8, 4) is 16.9 Å². The zero-order valence-corrected chi connectivity index (χ0v) is 23.0. The van der Waals surface area contributed by atoms with Crippen LogP contribution in [0.5, 0.6) is 5.75 Å². The predicted molar refractivity (Wildman–Crippen MR) is 154 cm³/mol. The number of nitrogens with one attached hydrogen (secondary N) is 1. The molecule has 204 valence electrons. The van der Waals surface area contributed by atoms with Gasteiger partial charge in [0.1, 0.15) is 5.75 Å². The van der Waals surface area contributed by atoms with Gasteiger partial charge in [-0.3, -0.25) is 20.0 Å². The van der Waals surface area contributed by atoms with Gasteiger partial charge >= 0.3 is 0 Å². The van der Waals surface area contributed by atoms with Crippen molar-refractivity contribution in [2.75, 3.05) is 39.8 Å². The van der Waals surface area contributed by atoms with Crippen molar-refractivity contribution in [1.29, 1.82) is 0 Å². The van der Waals surface area contributed by atoms with Gasteiger partial charge < -0.3 is 4.74 Å². The standard InChI is InChI=1S/C32H44N4O2/c1-3-17-34-20-16-28-11-9-12-29(24-34)36(28)23-27-15-14-26(32(37)33-35-18-6-4-5-7-19-35)22-31(27)25-10-8-13-30(21-25)38-2/h3,8,10,13-15,21-22,28-29H,1,4-7,9,11-12,16-20,23-24H2,2H3,(H,33,37). The molecule has 6 nitrogen and oxygen atoms in total. The summed E-state index contributed by atoms with van der Waals surface area (Å²) in [6.07, 6.45) is 11.8. The minimum Gasteiger partial charge on any atom is -0.497 e. The number of nitrogens with zero attached hydrogens (tertiary/aromatic N) is 3. The number of amides is 1. The lowest BCUT2D eigenvalue weighted by atomic mass is 9.91. The maximum absolute atomic E-state index is 13.3. The van der Waals surface area contributed by atoms with E-state index < -0.39 is 0 Å². The lowest BCUT2D eigenvalue weighted by molar-refractivity contribution is 0.0783. The van der Waals surface area contributed by atoms with Crippen molar-refractivity contribution in [3.05, 3.63) is 66.2 Å². The molecule has 0 aromatic heterocycles. The Labute approximate surface area is 228 Å². The highest BCUT2D eigenvalue weighted by atomic mass is 16.5. The summed E-state index contributed by atoms with van der Waals surface area (Å²) in [6.45, 7) is 9.94. The number of hydrazine groups is 1. The molecular weight excluding hydrogens is 472 g/mol. The molecule has 2 aromatic rings. The molecule has 3 saturated heterocycles. The van der Waals surface area contributed by atoms with Crippen LogP contribution in [0.1, 0.15) is 67.3 Å². The van der Waals surface area contributed by atoms with Crippen LogP contribution in [-0.2, 0) is 6.54 Å². The summed E-state index contributed by atoms with van der Waals surface area (Å²) in [4.78, 5) is 18.7. The van der Waals surface area contributed by atoms with Gasteiger partial charge in [-0.1, -0.05) is 43.5 Å². The lowest BCUT2D eigenvalue weighted by Crippen LogP contribution is -2.47. The Hall–Kier alpha value is -2.67. The summed E-state index contributed by atoms with van der Waals surface area (Å²) in [5.74, 6) is 0.814. The third-order valence-electron chi connectivity index (χ3n) is 8.62. The van der Waals surface area contributed by atoms with Gasteiger partial charge in [-0.25, -0.2) is 5.01 Å². The molecule has 2 unspecified atom stereocenters. The average Bonchev–Trinajstić information content (AvgIpc) is 3.25. The zero-order valence-electron chi connectivity index (χ0n) is 23.0. The van der Waals surface area contributed by atoms with Gasteiger partial charge in [-0.15, -0.1) is 6.58 Å². The quantitative estimate of drug-likeness (QED) is 0.470. The van der Waals surface area contributed by atoms with Crippen LogP contribution in [0.2, 0.25) is 0 Å².